The summed E-state index contributed by atoms with van der Waals surface area (Å²) in [5, 5.41) is 2.99. The lowest BCUT2D eigenvalue weighted by Crippen LogP contribution is -2.13. The first-order valence-electron chi connectivity index (χ1n) is 6.41. The molecule has 0 atom stereocenters. The molecule has 4 heteroatoms. The molecule has 0 aliphatic carbocycles. The summed E-state index contributed by atoms with van der Waals surface area (Å²) in [6, 6.07) is 13.6. The van der Waals surface area contributed by atoms with Crippen molar-refractivity contribution in [1.29, 1.82) is 0 Å². The highest BCUT2D eigenvalue weighted by molar-refractivity contribution is 9.10. The van der Waals surface area contributed by atoms with Gasteiger partial charge in [-0.05, 0) is 52.4 Å². The first kappa shape index (κ1) is 15.1. The third-order valence-electron chi connectivity index (χ3n) is 2.87. The normalized spacial score (nSPS) is 10.3. The van der Waals surface area contributed by atoms with Crippen molar-refractivity contribution in [2.75, 3.05) is 11.1 Å². The van der Waals surface area contributed by atoms with Crippen molar-refractivity contribution in [2.24, 2.45) is 0 Å². The number of nitrogens with one attached hydrogen (secondary N) is 1. The van der Waals surface area contributed by atoms with E-state index in [1.807, 2.05) is 49.4 Å². The van der Waals surface area contributed by atoms with Crippen LogP contribution < -0.4 is 5.32 Å². The summed E-state index contributed by atoms with van der Waals surface area (Å²) in [6.45, 7) is 4.07. The lowest BCUT2D eigenvalue weighted by molar-refractivity contribution is 0.102. The maximum Gasteiger partial charge on any atom is 0.256 e. The number of rotatable bonds is 4. The molecule has 2 rings (SSSR count). The molecule has 0 aromatic heterocycles. The second kappa shape index (κ2) is 6.95. The molecule has 1 N–H and O–H groups in total. The van der Waals surface area contributed by atoms with Gasteiger partial charge in [0.05, 0.1) is 11.3 Å². The Balaban J connectivity index is 2.26. The van der Waals surface area contributed by atoms with Crippen LogP contribution in [0, 0.1) is 6.92 Å². The number of hydrogen-bond donors (Lipinski definition) is 1. The zero-order valence-electron chi connectivity index (χ0n) is 11.4. The van der Waals surface area contributed by atoms with Crippen LogP contribution in [0.25, 0.3) is 0 Å². The molecule has 0 spiro atoms. The molecule has 0 aliphatic heterocycles. The minimum atomic E-state index is -0.0928. The van der Waals surface area contributed by atoms with Crippen LogP contribution in [0.5, 0.6) is 0 Å². The quantitative estimate of drug-likeness (QED) is 0.776. The van der Waals surface area contributed by atoms with Gasteiger partial charge in [-0.15, -0.1) is 11.8 Å². The number of hydrogen-bond acceptors (Lipinski definition) is 2. The molecule has 2 aromatic rings. The number of benzene rings is 2. The molecule has 0 unspecified atom stereocenters. The summed E-state index contributed by atoms with van der Waals surface area (Å²) in [5.41, 5.74) is 2.56. The maximum atomic E-state index is 12.4. The van der Waals surface area contributed by atoms with Gasteiger partial charge in [0.1, 0.15) is 0 Å². The predicted molar refractivity (Wildman–Crippen MR) is 89.7 cm³/mol. The van der Waals surface area contributed by atoms with Crippen molar-refractivity contribution in [1.82, 2.24) is 0 Å². The SMILES string of the molecule is CCSc1ccccc1NC(=O)c1cccc(C)c1Br. The molecule has 0 radical (unpaired) electrons. The van der Waals surface area contributed by atoms with E-state index in [9.17, 15) is 4.79 Å². The van der Waals surface area contributed by atoms with E-state index in [4.69, 9.17) is 0 Å². The first-order valence-corrected chi connectivity index (χ1v) is 8.19. The van der Waals surface area contributed by atoms with Crippen LogP contribution in [0.1, 0.15) is 22.8 Å². The van der Waals surface area contributed by atoms with Crippen LogP contribution in [0.2, 0.25) is 0 Å². The molecule has 104 valence electrons. The fourth-order valence-electron chi connectivity index (χ4n) is 1.86. The molecule has 0 saturated carbocycles. The number of amides is 1. The Morgan fingerprint density at radius 1 is 1.20 bits per heavy atom. The molecular formula is C16H16BrNOS. The van der Waals surface area contributed by atoms with E-state index in [-0.39, 0.29) is 5.91 Å². The zero-order valence-corrected chi connectivity index (χ0v) is 13.8. The third kappa shape index (κ3) is 3.44. The fraction of sp³-hybridized carbons (Fsp3) is 0.188. The van der Waals surface area contributed by atoms with Crippen LogP contribution in [0.15, 0.2) is 51.8 Å². The van der Waals surface area contributed by atoms with Crippen molar-refractivity contribution in [3.8, 4) is 0 Å². The Labute approximate surface area is 132 Å². The number of carbonyl (C=O) groups excluding carboxylic acids is 1. The van der Waals surface area contributed by atoms with Gasteiger partial charge < -0.3 is 5.32 Å². The van der Waals surface area contributed by atoms with Crippen molar-refractivity contribution >= 4 is 39.3 Å². The van der Waals surface area contributed by atoms with E-state index in [2.05, 4.69) is 28.2 Å². The van der Waals surface area contributed by atoms with Gasteiger partial charge in [0.25, 0.3) is 5.91 Å². The Kier molecular flexibility index (Phi) is 5.26. The van der Waals surface area contributed by atoms with Crippen molar-refractivity contribution in [2.45, 2.75) is 18.7 Å². The summed E-state index contributed by atoms with van der Waals surface area (Å²) in [4.78, 5) is 13.5. The summed E-state index contributed by atoms with van der Waals surface area (Å²) in [7, 11) is 0. The van der Waals surface area contributed by atoms with Gasteiger partial charge >= 0.3 is 0 Å². The van der Waals surface area contributed by atoms with Crippen molar-refractivity contribution in [3.63, 3.8) is 0 Å². The minimum Gasteiger partial charge on any atom is -0.321 e. The van der Waals surface area contributed by atoms with Crippen LogP contribution in [-0.2, 0) is 0 Å². The predicted octanol–water partition coefficient (Wildman–Crippen LogP) is 5.12. The average molecular weight is 350 g/mol. The van der Waals surface area contributed by atoms with E-state index in [0.29, 0.717) is 5.56 Å². The van der Waals surface area contributed by atoms with Gasteiger partial charge in [-0.25, -0.2) is 0 Å². The summed E-state index contributed by atoms with van der Waals surface area (Å²) in [5.74, 6) is 0.880. The Morgan fingerprint density at radius 2 is 1.95 bits per heavy atom. The number of anilines is 1. The van der Waals surface area contributed by atoms with Gasteiger partial charge in [-0.2, -0.15) is 0 Å². The molecule has 2 nitrogen and oxygen atoms in total. The molecular weight excluding hydrogens is 334 g/mol. The second-order valence-corrected chi connectivity index (χ2v) is 6.42. The fourth-order valence-corrected chi connectivity index (χ4v) is 3.07. The highest BCUT2D eigenvalue weighted by atomic mass is 79.9. The largest absolute Gasteiger partial charge is 0.321 e. The van der Waals surface area contributed by atoms with E-state index in [0.717, 1.165) is 26.4 Å². The average Bonchev–Trinajstić information content (AvgIpc) is 2.44. The number of para-hydroxylation sites is 1. The van der Waals surface area contributed by atoms with Gasteiger partial charge in [0.15, 0.2) is 0 Å². The molecule has 20 heavy (non-hydrogen) atoms. The highest BCUT2D eigenvalue weighted by Gasteiger charge is 2.13. The molecule has 0 saturated heterocycles. The Bertz CT molecular complexity index is 628. The Morgan fingerprint density at radius 3 is 2.70 bits per heavy atom. The Hall–Kier alpha value is -1.26. The summed E-state index contributed by atoms with van der Waals surface area (Å²) in [6.07, 6.45) is 0. The maximum absolute atomic E-state index is 12.4. The van der Waals surface area contributed by atoms with E-state index < -0.39 is 0 Å². The molecule has 2 aromatic carbocycles. The first-order chi connectivity index (χ1) is 9.63. The topological polar surface area (TPSA) is 29.1 Å². The van der Waals surface area contributed by atoms with E-state index >= 15 is 0 Å². The van der Waals surface area contributed by atoms with Crippen molar-refractivity contribution < 1.29 is 4.79 Å². The molecule has 0 bridgehead atoms. The lowest BCUT2D eigenvalue weighted by Gasteiger charge is -2.11. The van der Waals surface area contributed by atoms with Crippen LogP contribution in [-0.4, -0.2) is 11.7 Å². The second-order valence-electron chi connectivity index (χ2n) is 4.32. The monoisotopic (exact) mass is 349 g/mol. The van der Waals surface area contributed by atoms with Gasteiger partial charge in [0.2, 0.25) is 0 Å². The van der Waals surface area contributed by atoms with Gasteiger partial charge in [-0.1, -0.05) is 31.2 Å². The highest BCUT2D eigenvalue weighted by Crippen LogP contribution is 2.28. The minimum absolute atomic E-state index is 0.0928. The van der Waals surface area contributed by atoms with Crippen LogP contribution in [0.3, 0.4) is 0 Å². The third-order valence-corrected chi connectivity index (χ3v) is 4.88. The summed E-state index contributed by atoms with van der Waals surface area (Å²) >= 11 is 5.20. The smallest absolute Gasteiger partial charge is 0.256 e. The number of thioether (sulfide) groups is 1. The number of halogens is 1. The zero-order chi connectivity index (χ0) is 14.5. The van der Waals surface area contributed by atoms with Gasteiger partial charge in [0, 0.05) is 9.37 Å². The van der Waals surface area contributed by atoms with E-state index in [1.54, 1.807) is 11.8 Å². The molecule has 0 heterocycles. The molecule has 0 aliphatic rings. The molecule has 0 fully saturated rings. The van der Waals surface area contributed by atoms with Crippen LogP contribution in [0.4, 0.5) is 5.69 Å². The van der Waals surface area contributed by atoms with Crippen molar-refractivity contribution in [3.05, 3.63) is 58.1 Å². The van der Waals surface area contributed by atoms with Gasteiger partial charge in [-0.3, -0.25) is 4.79 Å². The molecule has 1 amide bonds. The number of carbonyl (C=O) groups is 1. The number of aryl methyl sites for hydroxylation is 1. The lowest BCUT2D eigenvalue weighted by atomic mass is 10.1. The van der Waals surface area contributed by atoms with Crippen LogP contribution >= 0.6 is 27.7 Å². The van der Waals surface area contributed by atoms with E-state index in [1.165, 1.54) is 0 Å². The standard InChI is InChI=1S/C16H16BrNOS/c1-3-20-14-10-5-4-9-13(14)18-16(19)12-8-6-7-11(2)15(12)17/h4-10H,3H2,1-2H3,(H,18,19). The summed E-state index contributed by atoms with van der Waals surface area (Å²) < 4.78 is 0.845.